The Bertz CT molecular complexity index is 611. The molecule has 106 valence electrons. The van der Waals surface area contributed by atoms with Gasteiger partial charge in [-0.3, -0.25) is 4.79 Å². The molecular weight excluding hydrogens is 299 g/mol. The van der Waals surface area contributed by atoms with Gasteiger partial charge in [-0.1, -0.05) is 53.5 Å². The Labute approximate surface area is 126 Å². The van der Waals surface area contributed by atoms with Gasteiger partial charge in [0.2, 0.25) is 0 Å². The first-order valence-electron chi connectivity index (χ1n) is 6.02. The highest BCUT2D eigenvalue weighted by molar-refractivity contribution is 6.41. The lowest BCUT2D eigenvalue weighted by molar-refractivity contribution is 0.0908. The number of aliphatic hydroxyl groups is 1. The molecule has 2 N–H and O–H groups in total. The van der Waals surface area contributed by atoms with Crippen molar-refractivity contribution in [1.82, 2.24) is 9.88 Å². The molecule has 20 heavy (non-hydrogen) atoms. The molecule has 1 amide bonds. The molecule has 1 aromatic carbocycles. The van der Waals surface area contributed by atoms with Gasteiger partial charge in [-0.25, -0.2) is 0 Å². The van der Waals surface area contributed by atoms with E-state index < -0.39 is 6.10 Å². The van der Waals surface area contributed by atoms with Crippen LogP contribution >= 0.6 is 23.2 Å². The fourth-order valence-corrected chi connectivity index (χ4v) is 2.21. The molecule has 0 fully saturated rings. The molecule has 0 bridgehead atoms. The highest BCUT2D eigenvalue weighted by Gasteiger charge is 2.16. The maximum Gasteiger partial charge on any atom is 0.268 e. The minimum absolute atomic E-state index is 0.114. The lowest BCUT2D eigenvalue weighted by atomic mass is 10.1. The predicted octanol–water partition coefficient (Wildman–Crippen LogP) is 2.80. The van der Waals surface area contributed by atoms with Crippen LogP contribution in [0.5, 0.6) is 0 Å². The van der Waals surface area contributed by atoms with Crippen LogP contribution in [-0.4, -0.2) is 22.1 Å². The van der Waals surface area contributed by atoms with Crippen molar-refractivity contribution >= 4 is 29.1 Å². The molecule has 0 radical (unpaired) electrons. The van der Waals surface area contributed by atoms with Crippen molar-refractivity contribution in [2.45, 2.75) is 6.10 Å². The van der Waals surface area contributed by atoms with Gasteiger partial charge in [0.05, 0.1) is 11.1 Å². The average molecular weight is 313 g/mol. The van der Waals surface area contributed by atoms with Crippen LogP contribution in [0, 0.1) is 0 Å². The average Bonchev–Trinajstić information content (AvgIpc) is 2.73. The van der Waals surface area contributed by atoms with Crippen LogP contribution in [0.15, 0.2) is 36.4 Å². The molecule has 4 nitrogen and oxygen atoms in total. The maximum absolute atomic E-state index is 12.0. The Hall–Kier alpha value is -1.49. The molecule has 1 unspecified atom stereocenters. The minimum Gasteiger partial charge on any atom is -0.387 e. The van der Waals surface area contributed by atoms with Gasteiger partial charge in [0.15, 0.2) is 0 Å². The van der Waals surface area contributed by atoms with Gasteiger partial charge in [-0.2, -0.15) is 0 Å². The van der Waals surface area contributed by atoms with E-state index in [1.807, 2.05) is 18.2 Å². The number of amides is 1. The predicted molar refractivity (Wildman–Crippen MR) is 79.2 cm³/mol. The molecule has 0 aliphatic carbocycles. The van der Waals surface area contributed by atoms with Gasteiger partial charge >= 0.3 is 0 Å². The first-order chi connectivity index (χ1) is 9.50. The van der Waals surface area contributed by atoms with Crippen LogP contribution in [0.25, 0.3) is 0 Å². The zero-order valence-corrected chi connectivity index (χ0v) is 12.3. The van der Waals surface area contributed by atoms with E-state index in [-0.39, 0.29) is 12.5 Å². The fourth-order valence-electron chi connectivity index (χ4n) is 1.83. The van der Waals surface area contributed by atoms with Gasteiger partial charge in [0.1, 0.15) is 10.8 Å². The second-order valence-electron chi connectivity index (χ2n) is 4.36. The molecule has 2 rings (SSSR count). The fraction of sp³-hybridized carbons (Fsp3) is 0.214. The number of carbonyl (C=O) groups excluding carboxylic acids is 1. The van der Waals surface area contributed by atoms with Crippen molar-refractivity contribution in [2.24, 2.45) is 7.05 Å². The summed E-state index contributed by atoms with van der Waals surface area (Å²) in [7, 11) is 1.65. The molecule has 6 heteroatoms. The molecule has 0 aliphatic rings. The highest BCUT2D eigenvalue weighted by Crippen LogP contribution is 2.25. The summed E-state index contributed by atoms with van der Waals surface area (Å²) in [5.74, 6) is -0.337. The molecular formula is C14H14Cl2N2O2. The number of rotatable bonds is 4. The van der Waals surface area contributed by atoms with Gasteiger partial charge in [0, 0.05) is 13.6 Å². The summed E-state index contributed by atoms with van der Waals surface area (Å²) < 4.78 is 1.49. The zero-order valence-electron chi connectivity index (χ0n) is 10.8. The summed E-state index contributed by atoms with van der Waals surface area (Å²) in [4.78, 5) is 12.0. The summed E-state index contributed by atoms with van der Waals surface area (Å²) in [5, 5.41) is 13.3. The van der Waals surface area contributed by atoms with Crippen molar-refractivity contribution in [2.75, 3.05) is 6.54 Å². The van der Waals surface area contributed by atoms with Crippen molar-refractivity contribution in [3.8, 4) is 0 Å². The summed E-state index contributed by atoms with van der Waals surface area (Å²) in [6, 6.07) is 10.6. The Morgan fingerprint density at radius 2 is 2.00 bits per heavy atom. The molecule has 1 heterocycles. The third kappa shape index (κ3) is 3.15. The van der Waals surface area contributed by atoms with Gasteiger partial charge in [0.25, 0.3) is 5.91 Å². The topological polar surface area (TPSA) is 54.3 Å². The third-order valence-corrected chi connectivity index (χ3v) is 3.83. The zero-order chi connectivity index (χ0) is 14.7. The summed E-state index contributed by atoms with van der Waals surface area (Å²) in [6.45, 7) is 0.114. The number of halogens is 2. The van der Waals surface area contributed by atoms with E-state index in [1.54, 1.807) is 19.2 Å². The second-order valence-corrected chi connectivity index (χ2v) is 5.13. The van der Waals surface area contributed by atoms with Crippen LogP contribution in [0.3, 0.4) is 0 Å². The Kier molecular flexibility index (Phi) is 4.70. The number of hydrogen-bond donors (Lipinski definition) is 2. The lowest BCUT2D eigenvalue weighted by Gasteiger charge is -2.12. The van der Waals surface area contributed by atoms with Gasteiger partial charge in [-0.05, 0) is 11.6 Å². The Balaban J connectivity index is 2.00. The van der Waals surface area contributed by atoms with Crippen molar-refractivity contribution < 1.29 is 9.90 Å². The number of carbonyl (C=O) groups is 1. The summed E-state index contributed by atoms with van der Waals surface area (Å²) in [5.41, 5.74) is 1.09. The normalized spacial score (nSPS) is 12.2. The SMILES string of the molecule is Cn1c(C(=O)NCC(O)c2ccccc2)cc(Cl)c1Cl. The molecule has 1 atom stereocenters. The first kappa shape index (κ1) is 14.9. The van der Waals surface area contributed by atoms with Crippen LogP contribution in [-0.2, 0) is 7.05 Å². The van der Waals surface area contributed by atoms with Gasteiger partial charge in [-0.15, -0.1) is 0 Å². The van der Waals surface area contributed by atoms with E-state index in [2.05, 4.69) is 5.32 Å². The van der Waals surface area contributed by atoms with E-state index in [9.17, 15) is 9.90 Å². The number of nitrogens with zero attached hydrogens (tertiary/aromatic N) is 1. The molecule has 2 aromatic rings. The Morgan fingerprint density at radius 1 is 1.35 bits per heavy atom. The molecule has 0 saturated carbocycles. The van der Waals surface area contributed by atoms with E-state index in [0.717, 1.165) is 5.56 Å². The van der Waals surface area contributed by atoms with Gasteiger partial charge < -0.3 is 15.0 Å². The van der Waals surface area contributed by atoms with E-state index in [4.69, 9.17) is 23.2 Å². The monoisotopic (exact) mass is 312 g/mol. The molecule has 0 saturated heterocycles. The molecule has 0 aliphatic heterocycles. The highest BCUT2D eigenvalue weighted by atomic mass is 35.5. The van der Waals surface area contributed by atoms with Crippen LogP contribution in [0.2, 0.25) is 10.2 Å². The Morgan fingerprint density at radius 3 is 2.55 bits per heavy atom. The first-order valence-corrected chi connectivity index (χ1v) is 6.78. The van der Waals surface area contributed by atoms with Crippen LogP contribution in [0.4, 0.5) is 0 Å². The smallest absolute Gasteiger partial charge is 0.268 e. The lowest BCUT2D eigenvalue weighted by Crippen LogP contribution is -2.29. The third-order valence-electron chi connectivity index (χ3n) is 2.99. The van der Waals surface area contributed by atoms with Crippen molar-refractivity contribution in [3.63, 3.8) is 0 Å². The number of aliphatic hydroxyl groups excluding tert-OH is 1. The number of nitrogens with one attached hydrogen (secondary N) is 1. The van der Waals surface area contributed by atoms with Crippen molar-refractivity contribution in [3.05, 3.63) is 57.8 Å². The second kappa shape index (κ2) is 6.31. The summed E-state index contributed by atoms with van der Waals surface area (Å²) in [6.07, 6.45) is -0.758. The number of aromatic nitrogens is 1. The summed E-state index contributed by atoms with van der Waals surface area (Å²) >= 11 is 11.8. The minimum atomic E-state index is -0.758. The van der Waals surface area contributed by atoms with E-state index in [1.165, 1.54) is 10.6 Å². The quantitative estimate of drug-likeness (QED) is 0.912. The molecule has 0 spiro atoms. The van der Waals surface area contributed by atoms with Crippen LogP contribution < -0.4 is 5.32 Å². The van der Waals surface area contributed by atoms with E-state index in [0.29, 0.717) is 15.9 Å². The number of benzene rings is 1. The standard InChI is InChI=1S/C14H14Cl2N2O2/c1-18-11(7-10(15)13(18)16)14(20)17-8-12(19)9-5-3-2-4-6-9/h2-7,12,19H,8H2,1H3,(H,17,20). The van der Waals surface area contributed by atoms with E-state index >= 15 is 0 Å². The van der Waals surface area contributed by atoms with Crippen molar-refractivity contribution in [1.29, 1.82) is 0 Å². The molecule has 1 aromatic heterocycles. The van der Waals surface area contributed by atoms with Crippen LogP contribution in [0.1, 0.15) is 22.2 Å². The number of hydrogen-bond acceptors (Lipinski definition) is 2. The maximum atomic E-state index is 12.0. The largest absolute Gasteiger partial charge is 0.387 e.